The van der Waals surface area contributed by atoms with E-state index in [1.54, 1.807) is 7.11 Å². The van der Waals surface area contributed by atoms with Gasteiger partial charge in [0.1, 0.15) is 0 Å². The van der Waals surface area contributed by atoms with Crippen LogP contribution in [-0.2, 0) is 9.53 Å². The van der Waals surface area contributed by atoms with E-state index >= 15 is 0 Å². The number of carbonyl (C=O) groups is 1. The fourth-order valence-electron chi connectivity index (χ4n) is 2.48. The van der Waals surface area contributed by atoms with Crippen molar-refractivity contribution in [3.63, 3.8) is 0 Å². The second kappa shape index (κ2) is 6.17. The van der Waals surface area contributed by atoms with Gasteiger partial charge in [-0.2, -0.15) is 0 Å². The molecule has 104 valence electrons. The number of carbonyl (C=O) groups excluding carboxylic acids is 1. The summed E-state index contributed by atoms with van der Waals surface area (Å²) in [6.45, 7) is 6.27. The first kappa shape index (κ1) is 14.0. The standard InChI is InChI=1S/C15H22N2O2/c1-11-4-5-14(12(2)8-11)16-15(18)10-17-7-6-13(9-17)19-3/h4-5,8,13H,6-7,9-10H2,1-3H3,(H,16,18)/t13-/m0/s1. The number of methoxy groups -OCH3 is 1. The minimum atomic E-state index is 0.0451. The molecule has 0 aromatic heterocycles. The summed E-state index contributed by atoms with van der Waals surface area (Å²) in [5.74, 6) is 0.0451. The maximum absolute atomic E-state index is 12.0. The molecule has 0 saturated carbocycles. The van der Waals surface area contributed by atoms with E-state index in [-0.39, 0.29) is 12.0 Å². The highest BCUT2D eigenvalue weighted by Crippen LogP contribution is 2.16. The van der Waals surface area contributed by atoms with Gasteiger partial charge in [0.15, 0.2) is 0 Å². The summed E-state index contributed by atoms with van der Waals surface area (Å²) in [6.07, 6.45) is 1.28. The zero-order valence-corrected chi connectivity index (χ0v) is 11.9. The van der Waals surface area contributed by atoms with Crippen molar-refractivity contribution in [3.8, 4) is 0 Å². The molecule has 0 spiro atoms. The molecule has 1 saturated heterocycles. The Balaban J connectivity index is 1.87. The lowest BCUT2D eigenvalue weighted by atomic mass is 10.1. The second-order valence-corrected chi connectivity index (χ2v) is 5.25. The van der Waals surface area contributed by atoms with Crippen LogP contribution in [0.15, 0.2) is 18.2 Å². The molecule has 0 unspecified atom stereocenters. The predicted octanol–water partition coefficient (Wildman–Crippen LogP) is 1.96. The molecule has 0 bridgehead atoms. The molecule has 1 heterocycles. The zero-order valence-electron chi connectivity index (χ0n) is 11.9. The quantitative estimate of drug-likeness (QED) is 0.902. The SMILES string of the molecule is CO[C@H]1CCN(CC(=O)Nc2ccc(C)cc2C)C1. The molecule has 1 aliphatic rings. The molecular formula is C15H22N2O2. The van der Waals surface area contributed by atoms with E-state index in [0.29, 0.717) is 6.54 Å². The molecule has 1 N–H and O–H groups in total. The second-order valence-electron chi connectivity index (χ2n) is 5.25. The Kier molecular flexibility index (Phi) is 4.56. The summed E-state index contributed by atoms with van der Waals surface area (Å²) < 4.78 is 5.30. The Morgan fingerprint density at radius 2 is 2.26 bits per heavy atom. The number of aryl methyl sites for hydroxylation is 2. The monoisotopic (exact) mass is 262 g/mol. The molecule has 4 heteroatoms. The van der Waals surface area contributed by atoms with Gasteiger partial charge < -0.3 is 10.1 Å². The predicted molar refractivity (Wildman–Crippen MR) is 76.4 cm³/mol. The van der Waals surface area contributed by atoms with Gasteiger partial charge in [-0.25, -0.2) is 0 Å². The van der Waals surface area contributed by atoms with Gasteiger partial charge in [-0.1, -0.05) is 17.7 Å². The number of anilines is 1. The summed E-state index contributed by atoms with van der Waals surface area (Å²) in [6, 6.07) is 6.05. The van der Waals surface area contributed by atoms with E-state index in [2.05, 4.69) is 16.3 Å². The van der Waals surface area contributed by atoms with Crippen LogP contribution in [0.3, 0.4) is 0 Å². The van der Waals surface area contributed by atoms with Gasteiger partial charge >= 0.3 is 0 Å². The van der Waals surface area contributed by atoms with Crippen LogP contribution in [0.4, 0.5) is 5.69 Å². The Morgan fingerprint density at radius 1 is 1.47 bits per heavy atom. The minimum Gasteiger partial charge on any atom is -0.380 e. The van der Waals surface area contributed by atoms with Crippen LogP contribution in [0.5, 0.6) is 0 Å². The van der Waals surface area contributed by atoms with E-state index in [0.717, 1.165) is 30.8 Å². The van der Waals surface area contributed by atoms with Gasteiger partial charge in [0.05, 0.1) is 12.6 Å². The van der Waals surface area contributed by atoms with Crippen LogP contribution < -0.4 is 5.32 Å². The number of benzene rings is 1. The first-order chi connectivity index (χ1) is 9.08. The van der Waals surface area contributed by atoms with Crippen molar-refractivity contribution < 1.29 is 9.53 Å². The number of amides is 1. The van der Waals surface area contributed by atoms with Gasteiger partial charge in [-0.05, 0) is 31.9 Å². The third-order valence-electron chi connectivity index (χ3n) is 3.59. The number of likely N-dealkylation sites (tertiary alicyclic amines) is 1. The average Bonchev–Trinajstić information content (AvgIpc) is 2.80. The Morgan fingerprint density at radius 3 is 2.89 bits per heavy atom. The van der Waals surface area contributed by atoms with E-state index in [4.69, 9.17) is 4.74 Å². The van der Waals surface area contributed by atoms with Crippen molar-refractivity contribution in [3.05, 3.63) is 29.3 Å². The number of hydrogen-bond acceptors (Lipinski definition) is 3. The van der Waals surface area contributed by atoms with Crippen LogP contribution in [-0.4, -0.2) is 43.7 Å². The zero-order chi connectivity index (χ0) is 13.8. The molecule has 0 aliphatic carbocycles. The van der Waals surface area contributed by atoms with Gasteiger partial charge in [-0.15, -0.1) is 0 Å². The first-order valence-electron chi connectivity index (χ1n) is 6.70. The highest BCUT2D eigenvalue weighted by Gasteiger charge is 2.23. The molecule has 1 aliphatic heterocycles. The lowest BCUT2D eigenvalue weighted by molar-refractivity contribution is -0.117. The summed E-state index contributed by atoms with van der Waals surface area (Å²) in [5.41, 5.74) is 3.21. The fourth-order valence-corrected chi connectivity index (χ4v) is 2.48. The van der Waals surface area contributed by atoms with Gasteiger partial charge in [0.25, 0.3) is 0 Å². The average molecular weight is 262 g/mol. The van der Waals surface area contributed by atoms with Gasteiger partial charge in [0.2, 0.25) is 5.91 Å². The van der Waals surface area contributed by atoms with Crippen LogP contribution in [0.1, 0.15) is 17.5 Å². The molecule has 0 radical (unpaired) electrons. The van der Waals surface area contributed by atoms with Crippen molar-refractivity contribution in [1.82, 2.24) is 4.90 Å². The van der Waals surface area contributed by atoms with E-state index in [1.807, 2.05) is 26.0 Å². The smallest absolute Gasteiger partial charge is 0.238 e. The van der Waals surface area contributed by atoms with Crippen LogP contribution in [0.25, 0.3) is 0 Å². The maximum Gasteiger partial charge on any atom is 0.238 e. The third kappa shape index (κ3) is 3.78. The molecule has 2 rings (SSSR count). The van der Waals surface area contributed by atoms with Gasteiger partial charge in [-0.3, -0.25) is 9.69 Å². The molecule has 1 aromatic rings. The molecule has 1 fully saturated rings. The first-order valence-corrected chi connectivity index (χ1v) is 6.70. The van der Waals surface area contributed by atoms with Gasteiger partial charge in [0, 0.05) is 25.9 Å². The summed E-state index contributed by atoms with van der Waals surface area (Å²) in [4.78, 5) is 14.1. The highest BCUT2D eigenvalue weighted by atomic mass is 16.5. The van der Waals surface area contributed by atoms with Crippen molar-refractivity contribution >= 4 is 11.6 Å². The normalized spacial score (nSPS) is 19.6. The van der Waals surface area contributed by atoms with E-state index in [9.17, 15) is 4.79 Å². The van der Waals surface area contributed by atoms with Crippen LogP contribution in [0.2, 0.25) is 0 Å². The topological polar surface area (TPSA) is 41.6 Å². The highest BCUT2D eigenvalue weighted by molar-refractivity contribution is 5.93. The Hall–Kier alpha value is -1.39. The number of hydrogen-bond donors (Lipinski definition) is 1. The van der Waals surface area contributed by atoms with Crippen LogP contribution >= 0.6 is 0 Å². The summed E-state index contributed by atoms with van der Waals surface area (Å²) in [5, 5.41) is 2.98. The molecule has 1 atom stereocenters. The molecule has 19 heavy (non-hydrogen) atoms. The third-order valence-corrected chi connectivity index (χ3v) is 3.59. The van der Waals surface area contributed by atoms with Crippen molar-refractivity contribution in [2.75, 3.05) is 32.1 Å². The minimum absolute atomic E-state index is 0.0451. The largest absolute Gasteiger partial charge is 0.380 e. The number of nitrogens with zero attached hydrogens (tertiary/aromatic N) is 1. The molecule has 1 aromatic carbocycles. The summed E-state index contributed by atoms with van der Waals surface area (Å²) >= 11 is 0. The van der Waals surface area contributed by atoms with E-state index in [1.165, 1.54) is 5.56 Å². The van der Waals surface area contributed by atoms with Crippen molar-refractivity contribution in [2.45, 2.75) is 26.4 Å². The lowest BCUT2D eigenvalue weighted by Crippen LogP contribution is -2.32. The number of ether oxygens (including phenoxy) is 1. The van der Waals surface area contributed by atoms with E-state index < -0.39 is 0 Å². The Labute approximate surface area is 114 Å². The summed E-state index contributed by atoms with van der Waals surface area (Å²) in [7, 11) is 1.73. The molecule has 1 amide bonds. The lowest BCUT2D eigenvalue weighted by Gasteiger charge is -2.16. The maximum atomic E-state index is 12.0. The van der Waals surface area contributed by atoms with Crippen molar-refractivity contribution in [1.29, 1.82) is 0 Å². The van der Waals surface area contributed by atoms with Crippen molar-refractivity contribution in [2.24, 2.45) is 0 Å². The van der Waals surface area contributed by atoms with Crippen LogP contribution in [0, 0.1) is 13.8 Å². The number of nitrogens with one attached hydrogen (secondary N) is 1. The molecular weight excluding hydrogens is 240 g/mol. The fraction of sp³-hybridized carbons (Fsp3) is 0.533. The number of rotatable bonds is 4. The Bertz CT molecular complexity index is 459. The molecule has 4 nitrogen and oxygen atoms in total.